The van der Waals surface area contributed by atoms with Crippen molar-refractivity contribution in [2.24, 2.45) is 5.92 Å². The van der Waals surface area contributed by atoms with E-state index >= 15 is 0 Å². The zero-order valence-corrected chi connectivity index (χ0v) is 16.9. The predicted octanol–water partition coefficient (Wildman–Crippen LogP) is 4.01. The fourth-order valence-corrected chi connectivity index (χ4v) is 4.31. The number of benzene rings is 1. The van der Waals surface area contributed by atoms with Crippen LogP contribution < -0.4 is 10.0 Å². The highest BCUT2D eigenvalue weighted by Crippen LogP contribution is 2.24. The Morgan fingerprint density at radius 2 is 2.00 bits per heavy atom. The second kappa shape index (κ2) is 9.90. The summed E-state index contributed by atoms with van der Waals surface area (Å²) in [5.74, 6) is -0.662. The zero-order valence-electron chi connectivity index (χ0n) is 16.1. The minimum atomic E-state index is -3.80. The van der Waals surface area contributed by atoms with Crippen molar-refractivity contribution in [1.29, 1.82) is 0 Å². The Balaban J connectivity index is 2.14. The van der Waals surface area contributed by atoms with E-state index in [1.807, 2.05) is 0 Å². The zero-order chi connectivity index (χ0) is 19.9. The summed E-state index contributed by atoms with van der Waals surface area (Å²) < 4.78 is 28.2. The van der Waals surface area contributed by atoms with Gasteiger partial charge >= 0.3 is 5.97 Å². The molecular formula is C20H30N2O4S. The lowest BCUT2D eigenvalue weighted by molar-refractivity contribution is 0.0696. The summed E-state index contributed by atoms with van der Waals surface area (Å²) in [5.41, 5.74) is 1.68. The lowest BCUT2D eigenvalue weighted by atomic mass is 9.97. The number of hydrogen-bond acceptors (Lipinski definition) is 4. The smallest absolute Gasteiger partial charge is 0.335 e. The Bertz CT molecular complexity index is 785. The van der Waals surface area contributed by atoms with Crippen LogP contribution in [0.1, 0.15) is 62.7 Å². The number of nitrogens with one attached hydrogen (secondary N) is 2. The molecule has 1 aliphatic rings. The molecule has 0 saturated heterocycles. The van der Waals surface area contributed by atoms with E-state index in [9.17, 15) is 18.3 Å². The molecule has 0 heterocycles. The molecule has 0 saturated carbocycles. The monoisotopic (exact) mass is 394 g/mol. The van der Waals surface area contributed by atoms with Gasteiger partial charge < -0.3 is 10.4 Å². The summed E-state index contributed by atoms with van der Waals surface area (Å²) in [4.78, 5) is 11.3. The second-order valence-electron chi connectivity index (χ2n) is 7.38. The van der Waals surface area contributed by atoms with Crippen molar-refractivity contribution >= 4 is 21.7 Å². The van der Waals surface area contributed by atoms with Crippen LogP contribution in [0.4, 0.5) is 5.69 Å². The molecule has 3 N–H and O–H groups in total. The third kappa shape index (κ3) is 6.66. The number of hydrogen-bond donors (Lipinski definition) is 3. The molecule has 1 aliphatic carbocycles. The number of aromatic carboxylic acids is 1. The summed E-state index contributed by atoms with van der Waals surface area (Å²) in [6, 6.07) is 4.18. The van der Waals surface area contributed by atoms with Crippen molar-refractivity contribution in [2.45, 2.75) is 57.3 Å². The van der Waals surface area contributed by atoms with Crippen molar-refractivity contribution in [2.75, 3.05) is 18.4 Å². The third-order valence-corrected chi connectivity index (χ3v) is 6.18. The fraction of sp³-hybridized carbons (Fsp3) is 0.550. The number of carboxylic acid groups (broad SMARTS) is 1. The normalized spacial score (nSPS) is 14.9. The SMILES string of the molecule is CC(C)CCNc1ccc(C(=O)O)cc1S(=O)(=O)NCCC1=CCCCC1. The number of allylic oxidation sites excluding steroid dienone is 1. The van der Waals surface area contributed by atoms with Crippen LogP contribution in [-0.4, -0.2) is 32.6 Å². The van der Waals surface area contributed by atoms with Crippen LogP contribution in [0, 0.1) is 5.92 Å². The van der Waals surface area contributed by atoms with Crippen LogP contribution in [0.3, 0.4) is 0 Å². The summed E-state index contributed by atoms with van der Waals surface area (Å²) >= 11 is 0. The third-order valence-electron chi connectivity index (χ3n) is 4.68. The number of carboxylic acids is 1. The highest BCUT2D eigenvalue weighted by Gasteiger charge is 2.21. The van der Waals surface area contributed by atoms with E-state index in [1.54, 1.807) is 0 Å². The van der Waals surface area contributed by atoms with Crippen LogP contribution in [0.15, 0.2) is 34.7 Å². The maximum atomic E-state index is 12.8. The van der Waals surface area contributed by atoms with Gasteiger partial charge in [-0.3, -0.25) is 0 Å². The van der Waals surface area contributed by atoms with E-state index in [4.69, 9.17) is 0 Å². The lowest BCUT2D eigenvalue weighted by Gasteiger charge is -2.16. The van der Waals surface area contributed by atoms with Crippen molar-refractivity contribution in [3.63, 3.8) is 0 Å². The van der Waals surface area contributed by atoms with Gasteiger partial charge in [0.2, 0.25) is 10.0 Å². The van der Waals surface area contributed by atoms with Crippen molar-refractivity contribution in [3.8, 4) is 0 Å². The molecule has 7 heteroatoms. The molecule has 0 aromatic heterocycles. The van der Waals surface area contributed by atoms with Gasteiger partial charge in [-0.15, -0.1) is 0 Å². The lowest BCUT2D eigenvalue weighted by Crippen LogP contribution is -2.26. The summed E-state index contributed by atoms with van der Waals surface area (Å²) in [7, 11) is -3.80. The van der Waals surface area contributed by atoms with Gasteiger partial charge in [0, 0.05) is 13.1 Å². The molecule has 1 aromatic carbocycles. The van der Waals surface area contributed by atoms with Crippen molar-refractivity contribution in [3.05, 3.63) is 35.4 Å². The summed E-state index contributed by atoms with van der Waals surface area (Å²) in [6.07, 6.45) is 8.22. The van der Waals surface area contributed by atoms with Gasteiger partial charge in [0.1, 0.15) is 4.90 Å². The Labute approximate surface area is 162 Å². The molecule has 27 heavy (non-hydrogen) atoms. The molecule has 0 spiro atoms. The van der Waals surface area contributed by atoms with E-state index in [0.29, 0.717) is 31.1 Å². The van der Waals surface area contributed by atoms with Gasteiger partial charge in [0.05, 0.1) is 11.3 Å². The molecule has 0 aliphatic heterocycles. The molecule has 0 fully saturated rings. The van der Waals surface area contributed by atoms with E-state index in [2.05, 4.69) is 30.0 Å². The average Bonchev–Trinajstić information content (AvgIpc) is 2.62. The number of rotatable bonds is 10. The topological polar surface area (TPSA) is 95.5 Å². The predicted molar refractivity (Wildman–Crippen MR) is 108 cm³/mol. The van der Waals surface area contributed by atoms with Gasteiger partial charge in [-0.05, 0) is 62.6 Å². The van der Waals surface area contributed by atoms with Crippen LogP contribution >= 0.6 is 0 Å². The van der Waals surface area contributed by atoms with E-state index in [-0.39, 0.29) is 10.5 Å². The van der Waals surface area contributed by atoms with Crippen LogP contribution in [0.25, 0.3) is 0 Å². The number of carbonyl (C=O) groups is 1. The molecule has 0 atom stereocenters. The van der Waals surface area contributed by atoms with Gasteiger partial charge in [-0.2, -0.15) is 0 Å². The van der Waals surface area contributed by atoms with Crippen molar-refractivity contribution < 1.29 is 18.3 Å². The van der Waals surface area contributed by atoms with Gasteiger partial charge in [0.15, 0.2) is 0 Å². The van der Waals surface area contributed by atoms with Crippen molar-refractivity contribution in [1.82, 2.24) is 4.72 Å². The fourth-order valence-electron chi connectivity index (χ4n) is 3.07. The molecular weight excluding hydrogens is 364 g/mol. The largest absolute Gasteiger partial charge is 0.478 e. The molecule has 2 rings (SSSR count). The number of sulfonamides is 1. The quantitative estimate of drug-likeness (QED) is 0.521. The Kier molecular flexibility index (Phi) is 7.86. The molecule has 0 unspecified atom stereocenters. The number of anilines is 1. The standard InChI is InChI=1S/C20H30N2O4S/c1-15(2)10-12-21-18-9-8-17(20(23)24)14-19(18)27(25,26)22-13-11-16-6-4-3-5-7-16/h6,8-9,14-15,21-22H,3-5,7,10-13H2,1-2H3,(H,23,24). The average molecular weight is 395 g/mol. The molecule has 6 nitrogen and oxygen atoms in total. The Morgan fingerprint density at radius 1 is 1.22 bits per heavy atom. The molecule has 0 bridgehead atoms. The van der Waals surface area contributed by atoms with Crippen LogP contribution in [-0.2, 0) is 10.0 Å². The molecule has 150 valence electrons. The minimum absolute atomic E-state index is 0.0104. The molecule has 0 radical (unpaired) electrons. The minimum Gasteiger partial charge on any atom is -0.478 e. The maximum Gasteiger partial charge on any atom is 0.335 e. The van der Waals surface area contributed by atoms with Crippen LogP contribution in [0.5, 0.6) is 0 Å². The highest BCUT2D eigenvalue weighted by atomic mass is 32.2. The Morgan fingerprint density at radius 3 is 2.63 bits per heavy atom. The van der Waals surface area contributed by atoms with Crippen LogP contribution in [0.2, 0.25) is 0 Å². The molecule has 0 amide bonds. The Hall–Kier alpha value is -1.86. The second-order valence-corrected chi connectivity index (χ2v) is 9.12. The maximum absolute atomic E-state index is 12.8. The first-order valence-corrected chi connectivity index (χ1v) is 11.1. The molecule has 1 aromatic rings. The van der Waals surface area contributed by atoms with E-state index in [0.717, 1.165) is 25.7 Å². The van der Waals surface area contributed by atoms with Gasteiger partial charge in [0.25, 0.3) is 0 Å². The first kappa shape index (κ1) is 21.4. The van der Waals surface area contributed by atoms with E-state index < -0.39 is 16.0 Å². The first-order chi connectivity index (χ1) is 12.8. The van der Waals surface area contributed by atoms with Gasteiger partial charge in [-0.1, -0.05) is 25.5 Å². The highest BCUT2D eigenvalue weighted by molar-refractivity contribution is 7.89. The summed E-state index contributed by atoms with van der Waals surface area (Å²) in [6.45, 7) is 5.12. The summed E-state index contributed by atoms with van der Waals surface area (Å²) in [5, 5.41) is 12.4. The first-order valence-electron chi connectivity index (χ1n) is 9.58. The van der Waals surface area contributed by atoms with Gasteiger partial charge in [-0.25, -0.2) is 17.9 Å². The van der Waals surface area contributed by atoms with E-state index in [1.165, 1.54) is 30.2 Å².